The van der Waals surface area contributed by atoms with Crippen LogP contribution in [0.3, 0.4) is 0 Å². The molecule has 2 amide bonds. The van der Waals surface area contributed by atoms with Crippen LogP contribution in [0.4, 0.5) is 0 Å². The van der Waals surface area contributed by atoms with Gasteiger partial charge in [-0.2, -0.15) is 0 Å². The van der Waals surface area contributed by atoms with E-state index in [-0.39, 0.29) is 42.3 Å². The lowest BCUT2D eigenvalue weighted by Gasteiger charge is -2.47. The van der Waals surface area contributed by atoms with Crippen LogP contribution in [0, 0.1) is 24.7 Å². The van der Waals surface area contributed by atoms with Crippen LogP contribution in [0.2, 0.25) is 0 Å². The van der Waals surface area contributed by atoms with Gasteiger partial charge >= 0.3 is 11.9 Å². The molecular formula is C43H64N4O7S. The van der Waals surface area contributed by atoms with E-state index in [0.717, 1.165) is 43.5 Å². The van der Waals surface area contributed by atoms with Crippen molar-refractivity contribution in [3.05, 3.63) is 59.7 Å². The van der Waals surface area contributed by atoms with E-state index in [1.807, 2.05) is 65.0 Å². The fraction of sp³-hybridized carbons (Fsp3) is 0.628. The summed E-state index contributed by atoms with van der Waals surface area (Å²) in [5.74, 6) is 0.00266. The number of fused-ring (bicyclic) bond motifs is 1. The molecule has 0 radical (unpaired) electrons. The van der Waals surface area contributed by atoms with Crippen molar-refractivity contribution in [1.29, 1.82) is 0 Å². The third-order valence-corrected chi connectivity index (χ3v) is 11.9. The maximum Gasteiger partial charge on any atom is 0.320 e. The van der Waals surface area contributed by atoms with Crippen LogP contribution in [0.1, 0.15) is 108 Å². The zero-order valence-electron chi connectivity index (χ0n) is 33.6. The maximum atomic E-state index is 14.0. The number of likely N-dealkylation sites (tertiary alicyclic amines) is 1. The second kappa shape index (κ2) is 21.2. The molecule has 4 rings (SSSR count). The third kappa shape index (κ3) is 13.9. The average Bonchev–Trinajstić information content (AvgIpc) is 3.12. The second-order valence-corrected chi connectivity index (χ2v) is 17.8. The van der Waals surface area contributed by atoms with Gasteiger partial charge in [-0.25, -0.2) is 0 Å². The molecule has 2 aromatic rings. The number of aliphatic hydroxyl groups is 1. The highest BCUT2D eigenvalue weighted by molar-refractivity contribution is 7.99. The molecule has 2 fully saturated rings. The molecule has 1 aliphatic heterocycles. The summed E-state index contributed by atoms with van der Waals surface area (Å²) in [6.07, 6.45) is 6.70. The van der Waals surface area contributed by atoms with Gasteiger partial charge in [0, 0.05) is 46.8 Å². The van der Waals surface area contributed by atoms with Gasteiger partial charge in [0.05, 0.1) is 18.2 Å². The summed E-state index contributed by atoms with van der Waals surface area (Å²) >= 11 is 1.55. The SMILES string of the molecule is Cc1c(OC(=O)CCCCCN[C@@H](C(=O)O)C(C)C)cccc1C(=O)N[C@@H](CSc1ccccc1)[C@H](O)CN1C[C@H]2CCCC[C@H]2C[C@H]1C(=O)NC(C)(C)C. The van der Waals surface area contributed by atoms with Crippen molar-refractivity contribution in [3.8, 4) is 5.75 Å². The number of β-amino-alcohol motifs (C(OH)–C–C–N with tert-alkyl or cyclic N) is 1. The number of aliphatic carboxylic acids is 1. The Morgan fingerprint density at radius 3 is 2.35 bits per heavy atom. The summed E-state index contributed by atoms with van der Waals surface area (Å²) in [4.78, 5) is 55.0. The molecule has 1 saturated heterocycles. The summed E-state index contributed by atoms with van der Waals surface area (Å²) in [6.45, 7) is 12.9. The summed E-state index contributed by atoms with van der Waals surface area (Å²) < 4.78 is 5.70. The largest absolute Gasteiger partial charge is 0.480 e. The summed E-state index contributed by atoms with van der Waals surface area (Å²) in [5.41, 5.74) is 0.490. The van der Waals surface area contributed by atoms with Gasteiger partial charge in [-0.1, -0.05) is 63.8 Å². The van der Waals surface area contributed by atoms with Crippen LogP contribution in [0.25, 0.3) is 0 Å². The number of rotatable bonds is 19. The fourth-order valence-electron chi connectivity index (χ4n) is 7.77. The minimum atomic E-state index is -0.956. The standard InChI is InChI=1S/C43H64N4O7S/c1-28(2)39(42(52)53)44-23-14-8-11-22-38(49)54-37-21-15-20-33(29(37)3)40(50)45-34(27-55-32-18-9-7-10-19-32)36(48)26-47-25-31-17-13-12-16-30(31)24-35(47)41(51)46-43(4,5)6/h7,9-10,15,18-21,28,30-31,34-36,39,44,48H,8,11-14,16-17,22-27H2,1-6H3,(H,45,50)(H,46,51)(H,52,53)/t30-,31+,34-,35-,36+,39+/m0/s1. The van der Waals surface area contributed by atoms with Crippen LogP contribution >= 0.6 is 11.8 Å². The molecule has 304 valence electrons. The summed E-state index contributed by atoms with van der Waals surface area (Å²) in [7, 11) is 0. The second-order valence-electron chi connectivity index (χ2n) is 16.7. The fourth-order valence-corrected chi connectivity index (χ4v) is 8.80. The van der Waals surface area contributed by atoms with Crippen molar-refractivity contribution in [1.82, 2.24) is 20.9 Å². The predicted octanol–water partition coefficient (Wildman–Crippen LogP) is 6.21. The molecular weight excluding hydrogens is 717 g/mol. The molecule has 2 aliphatic rings. The highest BCUT2D eigenvalue weighted by Crippen LogP contribution is 2.39. The van der Waals surface area contributed by atoms with E-state index in [1.54, 1.807) is 36.9 Å². The van der Waals surface area contributed by atoms with Crippen LogP contribution in [0.15, 0.2) is 53.4 Å². The maximum absolute atomic E-state index is 14.0. The topological polar surface area (TPSA) is 157 Å². The van der Waals surface area contributed by atoms with Crippen LogP contribution in [0.5, 0.6) is 5.75 Å². The first-order chi connectivity index (χ1) is 26.1. The van der Waals surface area contributed by atoms with Gasteiger partial charge in [0.1, 0.15) is 11.8 Å². The van der Waals surface area contributed by atoms with Crippen LogP contribution in [-0.4, -0.2) is 94.0 Å². The van der Waals surface area contributed by atoms with Gasteiger partial charge in [-0.05, 0) is 102 Å². The molecule has 5 N–H and O–H groups in total. The molecule has 2 aromatic carbocycles. The van der Waals surface area contributed by atoms with Gasteiger partial charge in [-0.15, -0.1) is 11.8 Å². The Hall–Kier alpha value is -3.45. The first kappa shape index (κ1) is 44.3. The van der Waals surface area contributed by atoms with Crippen molar-refractivity contribution in [3.63, 3.8) is 0 Å². The molecule has 1 saturated carbocycles. The summed E-state index contributed by atoms with van der Waals surface area (Å²) in [5, 5.41) is 30.6. The number of esters is 1. The molecule has 6 atom stereocenters. The Labute approximate surface area is 332 Å². The molecule has 1 heterocycles. The zero-order valence-corrected chi connectivity index (χ0v) is 34.5. The van der Waals surface area contributed by atoms with E-state index in [1.165, 1.54) is 12.8 Å². The molecule has 55 heavy (non-hydrogen) atoms. The van der Waals surface area contributed by atoms with E-state index >= 15 is 0 Å². The van der Waals surface area contributed by atoms with Gasteiger partial charge < -0.3 is 30.9 Å². The lowest BCUT2D eigenvalue weighted by molar-refractivity contribution is -0.140. The lowest BCUT2D eigenvalue weighted by Crippen LogP contribution is -2.60. The minimum Gasteiger partial charge on any atom is -0.480 e. The smallest absolute Gasteiger partial charge is 0.320 e. The number of carboxylic acid groups (broad SMARTS) is 1. The number of ether oxygens (including phenoxy) is 1. The van der Waals surface area contributed by atoms with Crippen molar-refractivity contribution >= 4 is 35.5 Å². The number of carbonyl (C=O) groups is 4. The lowest BCUT2D eigenvalue weighted by atomic mass is 9.72. The molecule has 12 heteroatoms. The molecule has 0 aromatic heterocycles. The Balaban J connectivity index is 1.41. The number of hydrogen-bond donors (Lipinski definition) is 5. The number of carboxylic acids is 1. The molecule has 1 aliphatic carbocycles. The van der Waals surface area contributed by atoms with Crippen molar-refractivity contribution < 1.29 is 34.1 Å². The Morgan fingerprint density at radius 1 is 0.964 bits per heavy atom. The number of hydrogen-bond acceptors (Lipinski definition) is 9. The van der Waals surface area contributed by atoms with Crippen LogP contribution < -0.4 is 20.7 Å². The Bertz CT molecular complexity index is 1570. The van der Waals surface area contributed by atoms with E-state index in [9.17, 15) is 29.4 Å². The molecule has 0 bridgehead atoms. The van der Waals surface area contributed by atoms with E-state index in [2.05, 4.69) is 20.9 Å². The Morgan fingerprint density at radius 2 is 1.67 bits per heavy atom. The monoisotopic (exact) mass is 780 g/mol. The first-order valence-corrected chi connectivity index (χ1v) is 21.1. The first-order valence-electron chi connectivity index (χ1n) is 20.1. The molecule has 11 nitrogen and oxygen atoms in total. The number of nitrogens with zero attached hydrogens (tertiary/aromatic N) is 1. The Kier molecular flexibility index (Phi) is 17.0. The highest BCUT2D eigenvalue weighted by atomic mass is 32.2. The van der Waals surface area contributed by atoms with Gasteiger partial charge in [0.2, 0.25) is 5.91 Å². The summed E-state index contributed by atoms with van der Waals surface area (Å²) in [6, 6.07) is 13.3. The minimum absolute atomic E-state index is 0.0162. The number of aliphatic hydroxyl groups excluding tert-OH is 1. The van der Waals surface area contributed by atoms with E-state index < -0.39 is 30.1 Å². The molecule has 0 spiro atoms. The van der Waals surface area contributed by atoms with Crippen molar-refractivity contribution in [2.75, 3.05) is 25.4 Å². The number of benzene rings is 2. The zero-order chi connectivity index (χ0) is 40.1. The van der Waals surface area contributed by atoms with Gasteiger partial charge in [0.25, 0.3) is 5.91 Å². The number of carbonyl (C=O) groups excluding carboxylic acids is 3. The normalized spacial score (nSPS) is 20.5. The van der Waals surface area contributed by atoms with Gasteiger partial charge in [-0.3, -0.25) is 24.1 Å². The van der Waals surface area contributed by atoms with Crippen LogP contribution in [-0.2, 0) is 14.4 Å². The number of nitrogens with one attached hydrogen (secondary N) is 3. The number of piperidine rings is 1. The van der Waals surface area contributed by atoms with E-state index in [0.29, 0.717) is 47.4 Å². The number of thioether (sulfide) groups is 1. The van der Waals surface area contributed by atoms with Gasteiger partial charge in [0.15, 0.2) is 0 Å². The quantitative estimate of drug-likeness (QED) is 0.0481. The van der Waals surface area contributed by atoms with Crippen molar-refractivity contribution in [2.45, 2.75) is 134 Å². The highest BCUT2D eigenvalue weighted by Gasteiger charge is 2.42. The predicted molar refractivity (Wildman–Crippen MR) is 217 cm³/mol. The molecule has 0 unspecified atom stereocenters. The number of unbranched alkanes of at least 4 members (excludes halogenated alkanes) is 2. The average molecular weight is 781 g/mol. The van der Waals surface area contributed by atoms with Crippen molar-refractivity contribution in [2.24, 2.45) is 17.8 Å². The number of amides is 2. The van der Waals surface area contributed by atoms with E-state index in [4.69, 9.17) is 4.74 Å². The third-order valence-electron chi connectivity index (χ3n) is 10.8.